The van der Waals surface area contributed by atoms with Gasteiger partial charge in [-0.05, 0) is 37.1 Å². The van der Waals surface area contributed by atoms with Crippen LogP contribution in [0.3, 0.4) is 0 Å². The third kappa shape index (κ3) is 2.60. The van der Waals surface area contributed by atoms with Gasteiger partial charge in [-0.1, -0.05) is 0 Å². The Balaban J connectivity index is 1.44. The van der Waals surface area contributed by atoms with E-state index in [0.29, 0.717) is 37.3 Å². The highest BCUT2D eigenvalue weighted by molar-refractivity contribution is 5.98. The molecule has 0 atom stereocenters. The van der Waals surface area contributed by atoms with Gasteiger partial charge in [0.25, 0.3) is 5.91 Å². The van der Waals surface area contributed by atoms with Crippen LogP contribution in [0.2, 0.25) is 0 Å². The molecule has 2 aromatic rings. The van der Waals surface area contributed by atoms with E-state index in [2.05, 4.69) is 4.98 Å². The predicted octanol–water partition coefficient (Wildman–Crippen LogP) is 2.36. The summed E-state index contributed by atoms with van der Waals surface area (Å²) in [5.41, 5.74) is 1.21. The highest BCUT2D eigenvalue weighted by Gasteiger charge is 2.33. The van der Waals surface area contributed by atoms with E-state index in [1.54, 1.807) is 21.9 Å². The zero-order chi connectivity index (χ0) is 16.7. The van der Waals surface area contributed by atoms with Crippen LogP contribution in [0.5, 0.6) is 0 Å². The molecule has 24 heavy (non-hydrogen) atoms. The number of likely N-dealkylation sites (tertiary alicyclic amines) is 1. The number of carbonyl (C=O) groups excluding carboxylic acids is 2. The zero-order valence-electron chi connectivity index (χ0n) is 13.1. The number of piperidine rings is 1. The minimum absolute atomic E-state index is 0.0888. The molecule has 126 valence electrons. The molecule has 0 spiro atoms. The van der Waals surface area contributed by atoms with Crippen LogP contribution >= 0.6 is 0 Å². The number of aromatic amines is 1. The number of H-pyrrole nitrogens is 1. The normalized spacial score (nSPS) is 19.1. The lowest BCUT2D eigenvalue weighted by molar-refractivity contribution is 0.0654. The van der Waals surface area contributed by atoms with Crippen molar-refractivity contribution in [2.24, 2.45) is 0 Å². The second-order valence-corrected chi connectivity index (χ2v) is 6.25. The minimum Gasteiger partial charge on any atom is -0.448 e. The number of ether oxygens (including phenoxy) is 1. The SMILES string of the molecule is O=C(c1cc2cc(F)ccc2[nH]1)N1CCC(N2CCOC2=O)CC1. The number of carbonyl (C=O) groups is 2. The summed E-state index contributed by atoms with van der Waals surface area (Å²) in [5, 5.41) is 0.688. The molecule has 2 saturated heterocycles. The molecule has 2 aliphatic heterocycles. The summed E-state index contributed by atoms with van der Waals surface area (Å²) >= 11 is 0. The van der Waals surface area contributed by atoms with Crippen LogP contribution in [-0.4, -0.2) is 59.1 Å². The topological polar surface area (TPSA) is 65.6 Å². The Morgan fingerprint density at radius 3 is 2.71 bits per heavy atom. The van der Waals surface area contributed by atoms with Crippen LogP contribution in [-0.2, 0) is 4.74 Å². The number of halogens is 1. The van der Waals surface area contributed by atoms with E-state index < -0.39 is 0 Å². The Morgan fingerprint density at radius 2 is 2.00 bits per heavy atom. The van der Waals surface area contributed by atoms with Gasteiger partial charge in [0.2, 0.25) is 0 Å². The number of fused-ring (bicyclic) bond motifs is 1. The quantitative estimate of drug-likeness (QED) is 0.919. The lowest BCUT2D eigenvalue weighted by Crippen LogP contribution is -2.47. The van der Waals surface area contributed by atoms with Gasteiger partial charge in [-0.25, -0.2) is 9.18 Å². The number of rotatable bonds is 2. The molecule has 1 N–H and O–H groups in total. The summed E-state index contributed by atoms with van der Waals surface area (Å²) in [6.07, 6.45) is 1.24. The Kier molecular flexibility index (Phi) is 3.63. The van der Waals surface area contributed by atoms with E-state index >= 15 is 0 Å². The maximum Gasteiger partial charge on any atom is 0.410 e. The molecule has 1 aromatic heterocycles. The number of hydrogen-bond acceptors (Lipinski definition) is 3. The third-order valence-electron chi connectivity index (χ3n) is 4.80. The monoisotopic (exact) mass is 331 g/mol. The Bertz CT molecular complexity index is 795. The van der Waals surface area contributed by atoms with Gasteiger partial charge in [-0.15, -0.1) is 0 Å². The highest BCUT2D eigenvalue weighted by atomic mass is 19.1. The molecule has 0 saturated carbocycles. The van der Waals surface area contributed by atoms with Crippen molar-refractivity contribution in [1.82, 2.24) is 14.8 Å². The van der Waals surface area contributed by atoms with Gasteiger partial charge in [-0.2, -0.15) is 0 Å². The second kappa shape index (κ2) is 5.81. The van der Waals surface area contributed by atoms with Gasteiger partial charge < -0.3 is 19.5 Å². The van der Waals surface area contributed by atoms with Crippen molar-refractivity contribution in [1.29, 1.82) is 0 Å². The van der Waals surface area contributed by atoms with E-state index in [1.807, 2.05) is 0 Å². The molecule has 4 rings (SSSR count). The first kappa shape index (κ1) is 15.0. The van der Waals surface area contributed by atoms with Crippen molar-refractivity contribution in [3.63, 3.8) is 0 Å². The number of nitrogens with zero attached hydrogens (tertiary/aromatic N) is 2. The number of amides is 2. The summed E-state index contributed by atoms with van der Waals surface area (Å²) in [7, 11) is 0. The molecule has 0 radical (unpaired) electrons. The smallest absolute Gasteiger partial charge is 0.410 e. The molecule has 6 nitrogen and oxygen atoms in total. The molecule has 2 fully saturated rings. The summed E-state index contributed by atoms with van der Waals surface area (Å²) in [6.45, 7) is 2.27. The maximum atomic E-state index is 13.3. The van der Waals surface area contributed by atoms with E-state index in [4.69, 9.17) is 4.74 Å². The van der Waals surface area contributed by atoms with Crippen LogP contribution in [0.25, 0.3) is 10.9 Å². The van der Waals surface area contributed by atoms with Gasteiger partial charge in [0.15, 0.2) is 0 Å². The van der Waals surface area contributed by atoms with Crippen molar-refractivity contribution in [3.8, 4) is 0 Å². The van der Waals surface area contributed by atoms with Gasteiger partial charge in [0, 0.05) is 30.0 Å². The average molecular weight is 331 g/mol. The largest absolute Gasteiger partial charge is 0.448 e. The first-order valence-corrected chi connectivity index (χ1v) is 8.13. The Morgan fingerprint density at radius 1 is 1.21 bits per heavy atom. The van der Waals surface area contributed by atoms with Gasteiger partial charge >= 0.3 is 6.09 Å². The van der Waals surface area contributed by atoms with Gasteiger partial charge in [-0.3, -0.25) is 4.79 Å². The number of nitrogens with one attached hydrogen (secondary N) is 1. The van der Waals surface area contributed by atoms with E-state index in [1.165, 1.54) is 12.1 Å². The van der Waals surface area contributed by atoms with E-state index in [9.17, 15) is 14.0 Å². The fourth-order valence-corrected chi connectivity index (χ4v) is 3.51. The number of aromatic nitrogens is 1. The predicted molar refractivity (Wildman–Crippen MR) is 85.2 cm³/mol. The van der Waals surface area contributed by atoms with Crippen molar-refractivity contribution < 1.29 is 18.7 Å². The van der Waals surface area contributed by atoms with Crippen molar-refractivity contribution in [3.05, 3.63) is 35.8 Å². The summed E-state index contributed by atoms with van der Waals surface area (Å²) in [4.78, 5) is 30.9. The fourth-order valence-electron chi connectivity index (χ4n) is 3.51. The molecule has 2 amide bonds. The molecule has 0 unspecified atom stereocenters. The van der Waals surface area contributed by atoms with Crippen molar-refractivity contribution in [2.45, 2.75) is 18.9 Å². The first-order valence-electron chi connectivity index (χ1n) is 8.13. The number of benzene rings is 1. The molecule has 3 heterocycles. The molecule has 2 aliphatic rings. The molecular formula is C17H18FN3O3. The molecular weight excluding hydrogens is 313 g/mol. The summed E-state index contributed by atoms with van der Waals surface area (Å²) < 4.78 is 18.2. The maximum absolute atomic E-state index is 13.3. The standard InChI is InChI=1S/C17H18FN3O3/c18-12-1-2-14-11(9-12)10-15(19-14)16(22)20-5-3-13(4-6-20)21-7-8-24-17(21)23/h1-2,9-10,13,19H,3-8H2. The third-order valence-corrected chi connectivity index (χ3v) is 4.80. The van der Waals surface area contributed by atoms with Crippen LogP contribution in [0.15, 0.2) is 24.3 Å². The van der Waals surface area contributed by atoms with Crippen molar-refractivity contribution in [2.75, 3.05) is 26.2 Å². The average Bonchev–Trinajstić information content (AvgIpc) is 3.20. The fraction of sp³-hybridized carbons (Fsp3) is 0.412. The van der Waals surface area contributed by atoms with Crippen LogP contribution in [0.1, 0.15) is 23.3 Å². The van der Waals surface area contributed by atoms with Gasteiger partial charge in [0.1, 0.15) is 18.1 Å². The van der Waals surface area contributed by atoms with Crippen molar-refractivity contribution >= 4 is 22.9 Å². The second-order valence-electron chi connectivity index (χ2n) is 6.25. The zero-order valence-corrected chi connectivity index (χ0v) is 13.1. The Hall–Kier alpha value is -2.57. The molecule has 0 aliphatic carbocycles. The summed E-state index contributed by atoms with van der Waals surface area (Å²) in [6, 6.07) is 6.24. The van der Waals surface area contributed by atoms with Crippen LogP contribution in [0, 0.1) is 5.82 Å². The lowest BCUT2D eigenvalue weighted by Gasteiger charge is -2.35. The van der Waals surface area contributed by atoms with Gasteiger partial charge in [0.05, 0.1) is 6.54 Å². The Labute approximate surface area is 138 Å². The molecule has 7 heteroatoms. The summed E-state index contributed by atoms with van der Waals surface area (Å²) in [5.74, 6) is -0.409. The van der Waals surface area contributed by atoms with E-state index in [0.717, 1.165) is 18.4 Å². The minimum atomic E-state index is -0.321. The molecule has 0 bridgehead atoms. The number of hydrogen-bond donors (Lipinski definition) is 1. The van der Waals surface area contributed by atoms with Crippen LogP contribution in [0.4, 0.5) is 9.18 Å². The number of cyclic esters (lactones) is 1. The highest BCUT2D eigenvalue weighted by Crippen LogP contribution is 2.23. The lowest BCUT2D eigenvalue weighted by atomic mass is 10.0. The molecule has 1 aromatic carbocycles. The first-order chi connectivity index (χ1) is 11.6. The van der Waals surface area contributed by atoms with Crippen LogP contribution < -0.4 is 0 Å². The van der Waals surface area contributed by atoms with E-state index in [-0.39, 0.29) is 23.9 Å².